The van der Waals surface area contributed by atoms with E-state index in [1.165, 1.54) is 0 Å². The van der Waals surface area contributed by atoms with Gasteiger partial charge in [0.15, 0.2) is 5.78 Å². The molecule has 17 heavy (non-hydrogen) atoms. The monoisotopic (exact) mass is 233 g/mol. The fourth-order valence-electron chi connectivity index (χ4n) is 2.31. The molecule has 0 amide bonds. The zero-order valence-electron chi connectivity index (χ0n) is 10.7. The van der Waals surface area contributed by atoms with Crippen LogP contribution in [0.5, 0.6) is 5.75 Å². The summed E-state index contributed by atoms with van der Waals surface area (Å²) >= 11 is 0. The lowest BCUT2D eigenvalue weighted by Crippen LogP contribution is -2.27. The number of rotatable bonds is 2. The van der Waals surface area contributed by atoms with E-state index in [1.54, 1.807) is 0 Å². The first-order valence-corrected chi connectivity index (χ1v) is 6.01. The topological polar surface area (TPSA) is 29.5 Å². The van der Waals surface area contributed by atoms with Crippen LogP contribution in [0.25, 0.3) is 0 Å². The molecule has 0 bridgehead atoms. The highest BCUT2D eigenvalue weighted by molar-refractivity contribution is 6.01. The highest BCUT2D eigenvalue weighted by Gasteiger charge is 2.27. The molecule has 1 heterocycles. The number of nitrogens with zero attached hydrogens (tertiary/aromatic N) is 1. The molecule has 1 atom stereocenters. The summed E-state index contributed by atoms with van der Waals surface area (Å²) < 4.78 is 5.72. The summed E-state index contributed by atoms with van der Waals surface area (Å²) in [5.41, 5.74) is 1.79. The molecule has 0 radical (unpaired) electrons. The molecule has 0 aromatic heterocycles. The Bertz CT molecular complexity index is 426. The molecule has 1 aromatic rings. The number of hydrogen-bond acceptors (Lipinski definition) is 3. The molecule has 92 valence electrons. The number of para-hydroxylation sites is 1. The summed E-state index contributed by atoms with van der Waals surface area (Å²) in [7, 11) is 3.99. The molecule has 0 spiro atoms. The van der Waals surface area contributed by atoms with Crippen LogP contribution >= 0.6 is 0 Å². The molecular formula is C14H19NO2. The lowest BCUT2D eigenvalue weighted by Gasteiger charge is -2.17. The van der Waals surface area contributed by atoms with E-state index in [1.807, 2.05) is 39.2 Å². The van der Waals surface area contributed by atoms with Gasteiger partial charge in [-0.2, -0.15) is 0 Å². The SMILES string of the molecule is Cc1cccc2c1OCCC(CN(C)C)C2=O. The lowest BCUT2D eigenvalue weighted by molar-refractivity contribution is 0.0891. The predicted molar refractivity (Wildman–Crippen MR) is 67.7 cm³/mol. The normalized spacial score (nSPS) is 19.8. The van der Waals surface area contributed by atoms with Crippen LogP contribution in [0, 0.1) is 12.8 Å². The van der Waals surface area contributed by atoms with Crippen LogP contribution in [-0.2, 0) is 0 Å². The first-order chi connectivity index (χ1) is 8.09. The molecule has 0 N–H and O–H groups in total. The molecule has 0 fully saturated rings. The van der Waals surface area contributed by atoms with Crippen molar-refractivity contribution in [1.82, 2.24) is 4.90 Å². The van der Waals surface area contributed by atoms with Crippen molar-refractivity contribution in [2.24, 2.45) is 5.92 Å². The second-order valence-corrected chi connectivity index (χ2v) is 4.91. The van der Waals surface area contributed by atoms with E-state index in [2.05, 4.69) is 4.90 Å². The van der Waals surface area contributed by atoms with Crippen molar-refractivity contribution in [3.05, 3.63) is 29.3 Å². The van der Waals surface area contributed by atoms with E-state index in [9.17, 15) is 4.79 Å². The molecule has 0 aliphatic carbocycles. The van der Waals surface area contributed by atoms with Crippen molar-refractivity contribution in [2.45, 2.75) is 13.3 Å². The average molecular weight is 233 g/mol. The Morgan fingerprint density at radius 1 is 1.41 bits per heavy atom. The number of ketones is 1. The summed E-state index contributed by atoms with van der Waals surface area (Å²) in [4.78, 5) is 14.5. The minimum Gasteiger partial charge on any atom is -0.493 e. The van der Waals surface area contributed by atoms with Crippen LogP contribution in [-0.4, -0.2) is 37.9 Å². The number of aryl methyl sites for hydroxylation is 1. The molecule has 1 aliphatic rings. The second kappa shape index (κ2) is 4.88. The van der Waals surface area contributed by atoms with Crippen molar-refractivity contribution in [3.8, 4) is 5.75 Å². The number of fused-ring (bicyclic) bond motifs is 1. The van der Waals surface area contributed by atoms with Gasteiger partial charge < -0.3 is 9.64 Å². The zero-order valence-corrected chi connectivity index (χ0v) is 10.7. The number of Topliss-reactive ketones (excluding diaryl/α,β-unsaturated/α-hetero) is 1. The van der Waals surface area contributed by atoms with Gasteiger partial charge in [0.05, 0.1) is 12.2 Å². The maximum atomic E-state index is 12.4. The summed E-state index contributed by atoms with van der Waals surface area (Å²) in [6.07, 6.45) is 0.797. The van der Waals surface area contributed by atoms with Gasteiger partial charge in [0, 0.05) is 12.5 Å². The number of carbonyl (C=O) groups is 1. The van der Waals surface area contributed by atoms with Gasteiger partial charge in [-0.1, -0.05) is 12.1 Å². The second-order valence-electron chi connectivity index (χ2n) is 4.91. The fourth-order valence-corrected chi connectivity index (χ4v) is 2.31. The van der Waals surface area contributed by atoms with E-state index in [0.29, 0.717) is 6.61 Å². The maximum Gasteiger partial charge on any atom is 0.171 e. The third kappa shape index (κ3) is 2.50. The maximum absolute atomic E-state index is 12.4. The Labute approximate surface area is 102 Å². The number of hydrogen-bond donors (Lipinski definition) is 0. The van der Waals surface area contributed by atoms with Crippen LogP contribution in [0.3, 0.4) is 0 Å². The Balaban J connectivity index is 2.33. The van der Waals surface area contributed by atoms with Gasteiger partial charge >= 0.3 is 0 Å². The van der Waals surface area contributed by atoms with Crippen LogP contribution in [0.4, 0.5) is 0 Å². The number of carbonyl (C=O) groups excluding carboxylic acids is 1. The van der Waals surface area contributed by atoms with E-state index < -0.39 is 0 Å². The molecule has 0 saturated carbocycles. The number of ether oxygens (including phenoxy) is 1. The molecule has 1 aliphatic heterocycles. The van der Waals surface area contributed by atoms with Gasteiger partial charge in [0.2, 0.25) is 0 Å². The summed E-state index contributed by atoms with van der Waals surface area (Å²) in [5.74, 6) is 1.04. The standard InChI is InChI=1S/C14H19NO2/c1-10-5-4-6-12-13(16)11(9-15(2)3)7-8-17-14(10)12/h4-6,11H,7-9H2,1-3H3. The van der Waals surface area contributed by atoms with E-state index in [4.69, 9.17) is 4.74 Å². The highest BCUT2D eigenvalue weighted by atomic mass is 16.5. The van der Waals surface area contributed by atoms with Crippen molar-refractivity contribution in [2.75, 3.05) is 27.2 Å². The average Bonchev–Trinajstić information content (AvgIpc) is 2.41. The van der Waals surface area contributed by atoms with Gasteiger partial charge in [-0.05, 0) is 39.1 Å². The van der Waals surface area contributed by atoms with Gasteiger partial charge in [0.1, 0.15) is 5.75 Å². The number of benzene rings is 1. The summed E-state index contributed by atoms with van der Waals surface area (Å²) in [6, 6.07) is 5.78. The molecule has 1 aromatic carbocycles. The van der Waals surface area contributed by atoms with Gasteiger partial charge in [0.25, 0.3) is 0 Å². The lowest BCUT2D eigenvalue weighted by atomic mass is 9.94. The van der Waals surface area contributed by atoms with E-state index in [-0.39, 0.29) is 11.7 Å². The third-order valence-corrected chi connectivity index (χ3v) is 3.15. The minimum absolute atomic E-state index is 0.0491. The smallest absolute Gasteiger partial charge is 0.171 e. The van der Waals surface area contributed by atoms with Crippen LogP contribution in [0.2, 0.25) is 0 Å². The molecule has 2 rings (SSSR count). The van der Waals surface area contributed by atoms with Crippen LogP contribution < -0.4 is 4.74 Å². The molecule has 3 heteroatoms. The van der Waals surface area contributed by atoms with Gasteiger partial charge in [-0.3, -0.25) is 4.79 Å². The first-order valence-electron chi connectivity index (χ1n) is 6.01. The Kier molecular flexibility index (Phi) is 3.48. The zero-order chi connectivity index (χ0) is 12.4. The van der Waals surface area contributed by atoms with E-state index >= 15 is 0 Å². The van der Waals surface area contributed by atoms with Crippen molar-refractivity contribution < 1.29 is 9.53 Å². The molecule has 3 nitrogen and oxygen atoms in total. The summed E-state index contributed by atoms with van der Waals surface area (Å²) in [6.45, 7) is 3.40. The van der Waals surface area contributed by atoms with Crippen molar-refractivity contribution in [3.63, 3.8) is 0 Å². The third-order valence-electron chi connectivity index (χ3n) is 3.15. The Morgan fingerprint density at radius 3 is 2.88 bits per heavy atom. The van der Waals surface area contributed by atoms with Crippen LogP contribution in [0.1, 0.15) is 22.3 Å². The highest BCUT2D eigenvalue weighted by Crippen LogP contribution is 2.30. The van der Waals surface area contributed by atoms with Crippen molar-refractivity contribution >= 4 is 5.78 Å². The van der Waals surface area contributed by atoms with Gasteiger partial charge in [-0.25, -0.2) is 0 Å². The summed E-state index contributed by atoms with van der Waals surface area (Å²) in [5, 5.41) is 0. The Hall–Kier alpha value is -1.35. The first kappa shape index (κ1) is 12.1. The van der Waals surface area contributed by atoms with Crippen molar-refractivity contribution in [1.29, 1.82) is 0 Å². The van der Waals surface area contributed by atoms with Crippen LogP contribution in [0.15, 0.2) is 18.2 Å². The quantitative estimate of drug-likeness (QED) is 0.783. The molecule has 0 saturated heterocycles. The largest absolute Gasteiger partial charge is 0.493 e. The Morgan fingerprint density at radius 2 is 2.18 bits per heavy atom. The minimum atomic E-state index is 0.0491. The molecule has 1 unspecified atom stereocenters. The van der Waals surface area contributed by atoms with Gasteiger partial charge in [-0.15, -0.1) is 0 Å². The fraction of sp³-hybridized carbons (Fsp3) is 0.500. The predicted octanol–water partition coefficient (Wildman–Crippen LogP) is 2.14. The molecular weight excluding hydrogens is 214 g/mol. The van der Waals surface area contributed by atoms with E-state index in [0.717, 1.165) is 29.8 Å².